The molecule has 0 aliphatic carbocycles. The summed E-state index contributed by atoms with van der Waals surface area (Å²) in [6, 6.07) is 24.7. The van der Waals surface area contributed by atoms with Crippen LogP contribution in [-0.2, 0) is 14.8 Å². The lowest BCUT2D eigenvalue weighted by molar-refractivity contribution is -0.120. The molecule has 0 aromatic heterocycles. The van der Waals surface area contributed by atoms with Gasteiger partial charge in [-0.15, -0.1) is 0 Å². The fourth-order valence-corrected chi connectivity index (χ4v) is 4.27. The van der Waals surface area contributed by atoms with Crippen LogP contribution < -0.4 is 9.62 Å². The lowest BCUT2D eigenvalue weighted by atomic mass is 9.99. The van der Waals surface area contributed by atoms with Crippen molar-refractivity contribution in [2.75, 3.05) is 31.2 Å². The third-order valence-electron chi connectivity index (χ3n) is 5.07. The first-order chi connectivity index (χ1) is 15.7. The molecule has 0 saturated heterocycles. The molecule has 0 aliphatic heterocycles. The molecule has 3 aromatic rings. The van der Waals surface area contributed by atoms with Crippen LogP contribution in [0.2, 0.25) is 0 Å². The minimum atomic E-state index is -3.75. The average Bonchev–Trinajstić information content (AvgIpc) is 2.81. The van der Waals surface area contributed by atoms with Crippen LogP contribution in [0.25, 0.3) is 0 Å². The third kappa shape index (κ3) is 6.20. The second kappa shape index (κ2) is 10.3. The molecule has 3 rings (SSSR count). The Morgan fingerprint density at radius 1 is 0.818 bits per heavy atom. The van der Waals surface area contributed by atoms with Crippen molar-refractivity contribution in [3.63, 3.8) is 0 Å². The molecule has 0 atom stereocenters. The Labute approximate surface area is 194 Å². The van der Waals surface area contributed by atoms with Crippen LogP contribution in [0, 0.1) is 0 Å². The van der Waals surface area contributed by atoms with E-state index < -0.39 is 28.5 Å². The topological polar surface area (TPSA) is 86.8 Å². The first kappa shape index (κ1) is 24.0. The molecule has 0 saturated carbocycles. The molecule has 1 N–H and O–H groups in total. The van der Waals surface area contributed by atoms with E-state index in [2.05, 4.69) is 5.32 Å². The SMILES string of the molecule is CN(C)C(=O)c1ccc(N(CC(=O)NC(c2ccccc2)c2ccccc2)S(C)(=O)=O)cc1. The highest BCUT2D eigenvalue weighted by atomic mass is 32.2. The summed E-state index contributed by atoms with van der Waals surface area (Å²) in [7, 11) is -0.474. The molecule has 0 bridgehead atoms. The number of nitrogens with one attached hydrogen (secondary N) is 1. The number of hydrogen-bond acceptors (Lipinski definition) is 4. The van der Waals surface area contributed by atoms with Gasteiger partial charge in [-0.2, -0.15) is 0 Å². The van der Waals surface area contributed by atoms with Crippen molar-refractivity contribution >= 4 is 27.5 Å². The maximum Gasteiger partial charge on any atom is 0.253 e. The quantitative estimate of drug-likeness (QED) is 0.554. The molecule has 0 radical (unpaired) electrons. The number of carbonyl (C=O) groups is 2. The minimum absolute atomic E-state index is 0.196. The Hall–Kier alpha value is -3.65. The van der Waals surface area contributed by atoms with Gasteiger partial charge in [-0.3, -0.25) is 13.9 Å². The zero-order valence-corrected chi connectivity index (χ0v) is 19.6. The Morgan fingerprint density at radius 2 is 1.30 bits per heavy atom. The maximum atomic E-state index is 13.0. The lowest BCUT2D eigenvalue weighted by Crippen LogP contribution is -2.41. The molecule has 3 aromatic carbocycles. The van der Waals surface area contributed by atoms with Gasteiger partial charge < -0.3 is 10.2 Å². The normalized spacial score (nSPS) is 11.2. The van der Waals surface area contributed by atoms with Crippen LogP contribution in [0.4, 0.5) is 5.69 Å². The number of sulfonamides is 1. The van der Waals surface area contributed by atoms with Crippen LogP contribution in [-0.4, -0.2) is 52.0 Å². The molecule has 8 heteroatoms. The van der Waals surface area contributed by atoms with Crippen LogP contribution in [0.3, 0.4) is 0 Å². The van der Waals surface area contributed by atoms with Crippen molar-refractivity contribution in [1.82, 2.24) is 10.2 Å². The number of anilines is 1. The van der Waals surface area contributed by atoms with E-state index in [9.17, 15) is 18.0 Å². The zero-order valence-electron chi connectivity index (χ0n) is 18.8. The van der Waals surface area contributed by atoms with Crippen LogP contribution in [0.1, 0.15) is 27.5 Å². The van der Waals surface area contributed by atoms with Crippen molar-refractivity contribution in [3.05, 3.63) is 102 Å². The summed E-state index contributed by atoms with van der Waals surface area (Å²) in [4.78, 5) is 26.6. The fraction of sp³-hybridized carbons (Fsp3) is 0.200. The second-order valence-electron chi connectivity index (χ2n) is 7.84. The van der Waals surface area contributed by atoms with Gasteiger partial charge in [-0.25, -0.2) is 8.42 Å². The molecular formula is C25H27N3O4S. The number of rotatable bonds is 8. The maximum absolute atomic E-state index is 13.0. The summed E-state index contributed by atoms with van der Waals surface area (Å²) < 4.78 is 26.0. The Bertz CT molecular complexity index is 1160. The molecule has 172 valence electrons. The zero-order chi connectivity index (χ0) is 24.0. The molecule has 0 heterocycles. The molecule has 0 unspecified atom stereocenters. The number of amides is 2. The Morgan fingerprint density at radius 3 is 1.73 bits per heavy atom. The lowest BCUT2D eigenvalue weighted by Gasteiger charge is -2.25. The van der Waals surface area contributed by atoms with Crippen molar-refractivity contribution in [3.8, 4) is 0 Å². The van der Waals surface area contributed by atoms with E-state index in [1.54, 1.807) is 26.2 Å². The van der Waals surface area contributed by atoms with Crippen LogP contribution in [0.15, 0.2) is 84.9 Å². The van der Waals surface area contributed by atoms with Crippen molar-refractivity contribution < 1.29 is 18.0 Å². The van der Waals surface area contributed by atoms with Gasteiger partial charge >= 0.3 is 0 Å². The van der Waals surface area contributed by atoms with E-state index in [4.69, 9.17) is 0 Å². The number of benzene rings is 3. The summed E-state index contributed by atoms with van der Waals surface area (Å²) in [5, 5.41) is 2.96. The number of hydrogen-bond donors (Lipinski definition) is 1. The highest BCUT2D eigenvalue weighted by Crippen LogP contribution is 2.23. The van der Waals surface area contributed by atoms with Crippen molar-refractivity contribution in [2.45, 2.75) is 6.04 Å². The van der Waals surface area contributed by atoms with Gasteiger partial charge in [-0.05, 0) is 35.4 Å². The van der Waals surface area contributed by atoms with Crippen LogP contribution in [0.5, 0.6) is 0 Å². The summed E-state index contributed by atoms with van der Waals surface area (Å²) in [5.41, 5.74) is 2.50. The number of nitrogens with zero attached hydrogens (tertiary/aromatic N) is 2. The highest BCUT2D eigenvalue weighted by Gasteiger charge is 2.24. The van der Waals surface area contributed by atoms with Crippen molar-refractivity contribution in [2.24, 2.45) is 0 Å². The molecule has 7 nitrogen and oxygen atoms in total. The van der Waals surface area contributed by atoms with E-state index in [1.165, 1.54) is 17.0 Å². The summed E-state index contributed by atoms with van der Waals surface area (Å²) in [5.74, 6) is -0.648. The second-order valence-corrected chi connectivity index (χ2v) is 9.74. The van der Waals surface area contributed by atoms with Gasteiger partial charge in [0.15, 0.2) is 0 Å². The van der Waals surface area contributed by atoms with Gasteiger partial charge in [0.2, 0.25) is 15.9 Å². The summed E-state index contributed by atoms with van der Waals surface area (Å²) in [6.07, 6.45) is 1.05. The standard InChI is InChI=1S/C25H27N3O4S/c1-27(2)25(30)21-14-16-22(17-15-21)28(33(3,31)32)18-23(29)26-24(19-10-6-4-7-11-19)20-12-8-5-9-13-20/h4-17,24H,18H2,1-3H3,(H,26,29). The first-order valence-electron chi connectivity index (χ1n) is 10.4. The largest absolute Gasteiger partial charge is 0.345 e. The van der Waals surface area contributed by atoms with Gasteiger partial charge in [-0.1, -0.05) is 60.7 Å². The van der Waals surface area contributed by atoms with E-state index in [-0.39, 0.29) is 5.91 Å². The average molecular weight is 466 g/mol. The molecule has 0 aliphatic rings. The first-order valence-corrected chi connectivity index (χ1v) is 12.2. The molecule has 0 spiro atoms. The summed E-state index contributed by atoms with van der Waals surface area (Å²) >= 11 is 0. The van der Waals surface area contributed by atoms with E-state index in [1.807, 2.05) is 60.7 Å². The molecule has 33 heavy (non-hydrogen) atoms. The monoisotopic (exact) mass is 465 g/mol. The Kier molecular flexibility index (Phi) is 7.50. The summed E-state index contributed by atoms with van der Waals surface area (Å²) in [6.45, 7) is -0.393. The van der Waals surface area contributed by atoms with E-state index >= 15 is 0 Å². The van der Waals surface area contributed by atoms with Gasteiger partial charge in [0, 0.05) is 19.7 Å². The minimum Gasteiger partial charge on any atom is -0.345 e. The fourth-order valence-electron chi connectivity index (χ4n) is 3.42. The third-order valence-corrected chi connectivity index (χ3v) is 6.21. The van der Waals surface area contributed by atoms with Gasteiger partial charge in [0.05, 0.1) is 18.0 Å². The van der Waals surface area contributed by atoms with Crippen LogP contribution >= 0.6 is 0 Å². The van der Waals surface area contributed by atoms with E-state index in [0.29, 0.717) is 11.3 Å². The Balaban J connectivity index is 1.85. The van der Waals surface area contributed by atoms with Gasteiger partial charge in [0.25, 0.3) is 5.91 Å². The van der Waals surface area contributed by atoms with E-state index in [0.717, 1.165) is 21.7 Å². The van der Waals surface area contributed by atoms with Crippen molar-refractivity contribution in [1.29, 1.82) is 0 Å². The number of carbonyl (C=O) groups excluding carboxylic acids is 2. The van der Waals surface area contributed by atoms with Gasteiger partial charge in [0.1, 0.15) is 6.54 Å². The highest BCUT2D eigenvalue weighted by molar-refractivity contribution is 7.92. The molecular weight excluding hydrogens is 438 g/mol. The molecule has 0 fully saturated rings. The smallest absolute Gasteiger partial charge is 0.253 e. The predicted molar refractivity (Wildman–Crippen MR) is 130 cm³/mol. The molecule has 2 amide bonds. The predicted octanol–water partition coefficient (Wildman–Crippen LogP) is 3.06.